The minimum absolute atomic E-state index is 0. The van der Waals surface area contributed by atoms with Crippen LogP contribution in [0, 0.1) is 0 Å². The molecule has 0 heterocycles. The van der Waals surface area contributed by atoms with E-state index in [2.05, 4.69) is 71.9 Å². The van der Waals surface area contributed by atoms with Crippen LogP contribution in [-0.2, 0) is 18.1 Å². The number of allylic oxidation sites excluding steroid dienone is 4. The van der Waals surface area contributed by atoms with E-state index in [9.17, 15) is 0 Å². The van der Waals surface area contributed by atoms with Crippen molar-refractivity contribution in [3.05, 3.63) is 22.4 Å². The average Bonchev–Trinajstić information content (AvgIpc) is 2.20. The summed E-state index contributed by atoms with van der Waals surface area (Å²) in [5, 5.41) is 0. The van der Waals surface area contributed by atoms with Gasteiger partial charge < -0.3 is 24.8 Å². The van der Waals surface area contributed by atoms with Gasteiger partial charge in [0, 0.05) is 0 Å². The molecule has 0 N–H and O–H groups in total. The third-order valence-corrected chi connectivity index (χ3v) is 8.58. The Morgan fingerprint density at radius 1 is 0.850 bits per heavy atom. The van der Waals surface area contributed by atoms with Crippen molar-refractivity contribution in [1.29, 1.82) is 0 Å². The van der Waals surface area contributed by atoms with E-state index in [0.717, 1.165) is 0 Å². The standard InChI is InChI=1S/C13H24N.C2H6Si.2ClH.Ti/c1-9(2)10(3)11(4)12(5)14-13(6,7)8;1-3-2;;;/h1-8H3;1-2H3;2*1H;/q-1;;;;+3/p-2. The Morgan fingerprint density at radius 3 is 1.50 bits per heavy atom. The maximum atomic E-state index is 2.71. The van der Waals surface area contributed by atoms with Crippen LogP contribution in [0.1, 0.15) is 55.4 Å². The smallest absolute Gasteiger partial charge is 1.00 e. The molecule has 0 saturated heterocycles. The van der Waals surface area contributed by atoms with Crippen molar-refractivity contribution in [3.8, 4) is 0 Å². The van der Waals surface area contributed by atoms with Crippen LogP contribution in [0.25, 0.3) is 0 Å². The molecule has 0 amide bonds. The van der Waals surface area contributed by atoms with Crippen molar-refractivity contribution in [2.45, 2.75) is 74.0 Å². The van der Waals surface area contributed by atoms with Gasteiger partial charge in [0.25, 0.3) is 0 Å². The first-order valence-electron chi connectivity index (χ1n) is 6.67. The van der Waals surface area contributed by atoms with Gasteiger partial charge in [0.2, 0.25) is 0 Å². The van der Waals surface area contributed by atoms with Crippen molar-refractivity contribution in [2.24, 2.45) is 0 Å². The van der Waals surface area contributed by atoms with Crippen LogP contribution in [0.5, 0.6) is 0 Å². The van der Waals surface area contributed by atoms with E-state index in [0.29, 0.717) is 0 Å². The second-order valence-corrected chi connectivity index (χ2v) is 15.1. The number of rotatable bonds is 3. The predicted molar refractivity (Wildman–Crippen MR) is 81.5 cm³/mol. The van der Waals surface area contributed by atoms with Crippen molar-refractivity contribution >= 4 is 6.19 Å². The summed E-state index contributed by atoms with van der Waals surface area (Å²) in [4.78, 5) is 0. The molecular formula is C15H30Cl2NSiTi. The van der Waals surface area contributed by atoms with Gasteiger partial charge in [-0.1, -0.05) is 0 Å². The number of nitrogens with zero attached hydrogens (tertiary/aromatic N) is 1. The maximum absolute atomic E-state index is 2.71. The van der Waals surface area contributed by atoms with Crippen LogP contribution in [-0.4, -0.2) is 15.1 Å². The summed E-state index contributed by atoms with van der Waals surface area (Å²) in [5.41, 5.74) is 6.10. The molecule has 0 atom stereocenters. The van der Waals surface area contributed by atoms with Crippen LogP contribution >= 0.6 is 0 Å². The molecule has 0 radical (unpaired) electrons. The summed E-state index contributed by atoms with van der Waals surface area (Å²) in [6.07, 6.45) is -0.138. The molecule has 0 aromatic carbocycles. The minimum Gasteiger partial charge on any atom is -1.00 e. The Kier molecular flexibility index (Phi) is 13.5. The molecule has 0 aliphatic heterocycles. The maximum Gasteiger partial charge on any atom is -1.00 e. The quantitative estimate of drug-likeness (QED) is 0.454. The Morgan fingerprint density at radius 2 is 1.25 bits per heavy atom. The van der Waals surface area contributed by atoms with Crippen LogP contribution in [0.15, 0.2) is 22.4 Å². The molecule has 0 bridgehead atoms. The molecule has 0 saturated carbocycles. The fourth-order valence-electron chi connectivity index (χ4n) is 1.79. The molecule has 0 unspecified atom stereocenters. The molecule has 0 aromatic rings. The molecule has 0 aliphatic carbocycles. The molecule has 0 fully saturated rings. The summed E-state index contributed by atoms with van der Waals surface area (Å²) < 4.78 is 2.71. The van der Waals surface area contributed by atoms with Crippen molar-refractivity contribution in [3.63, 3.8) is 0 Å². The number of halogens is 2. The van der Waals surface area contributed by atoms with Gasteiger partial charge in [-0.2, -0.15) is 0 Å². The average molecular weight is 371 g/mol. The molecular weight excluding hydrogens is 341 g/mol. The van der Waals surface area contributed by atoms with E-state index in [1.807, 2.05) is 0 Å². The van der Waals surface area contributed by atoms with Gasteiger partial charge in [-0.25, -0.2) is 0 Å². The van der Waals surface area contributed by atoms with E-state index < -0.39 is 0 Å². The number of hydrogen-bond acceptors (Lipinski definition) is 1. The first-order valence-corrected chi connectivity index (χ1v) is 12.2. The molecule has 117 valence electrons. The first-order chi connectivity index (χ1) is 7.98. The van der Waals surface area contributed by atoms with E-state index in [1.54, 1.807) is 0 Å². The monoisotopic (exact) mass is 370 g/mol. The van der Waals surface area contributed by atoms with E-state index in [4.69, 9.17) is 0 Å². The largest absolute Gasteiger partial charge is 1.00 e. The Hall–Kier alpha value is 0.791. The molecule has 20 heavy (non-hydrogen) atoms. The van der Waals surface area contributed by atoms with Crippen LogP contribution in [0.4, 0.5) is 0 Å². The van der Waals surface area contributed by atoms with Gasteiger partial charge in [0.05, 0.1) is 0 Å². The van der Waals surface area contributed by atoms with Gasteiger partial charge in [-0.3, -0.25) is 0 Å². The van der Waals surface area contributed by atoms with Gasteiger partial charge in [-0.15, -0.1) is 0 Å². The summed E-state index contributed by atoms with van der Waals surface area (Å²) in [5.74, 6) is 0. The Bertz CT molecular complexity index is 399. The molecule has 0 spiro atoms. The summed E-state index contributed by atoms with van der Waals surface area (Å²) in [6, 6.07) is 0. The van der Waals surface area contributed by atoms with Gasteiger partial charge >= 0.3 is 124 Å². The zero-order valence-electron chi connectivity index (χ0n) is 14.7. The van der Waals surface area contributed by atoms with Gasteiger partial charge in [0.15, 0.2) is 0 Å². The predicted octanol–water partition coefficient (Wildman–Crippen LogP) is -1.01. The van der Waals surface area contributed by atoms with E-state index in [1.165, 1.54) is 22.4 Å². The van der Waals surface area contributed by atoms with Crippen molar-refractivity contribution in [2.75, 3.05) is 0 Å². The van der Waals surface area contributed by atoms with Crippen LogP contribution in [0.2, 0.25) is 13.1 Å². The third-order valence-electron chi connectivity index (χ3n) is 3.20. The summed E-state index contributed by atoms with van der Waals surface area (Å²) >= 11 is -0.00100. The van der Waals surface area contributed by atoms with Crippen LogP contribution in [0.3, 0.4) is 0 Å². The summed E-state index contributed by atoms with van der Waals surface area (Å²) in [6.45, 7) is 23.2. The van der Waals surface area contributed by atoms with Gasteiger partial charge in [0.1, 0.15) is 0 Å². The van der Waals surface area contributed by atoms with Crippen molar-refractivity contribution in [1.82, 2.24) is 3.38 Å². The van der Waals surface area contributed by atoms with E-state index in [-0.39, 0.29) is 54.7 Å². The zero-order valence-corrected chi connectivity index (χ0v) is 18.8. The molecule has 0 aliphatic rings. The van der Waals surface area contributed by atoms with Gasteiger partial charge in [-0.05, 0) is 0 Å². The fraction of sp³-hybridized carbons (Fsp3) is 0.733. The molecule has 0 aromatic heterocycles. The molecule has 5 heteroatoms. The normalized spacial score (nSPS) is 11.3. The fourth-order valence-corrected chi connectivity index (χ4v) is 7.46. The zero-order chi connectivity index (χ0) is 14.7. The summed E-state index contributed by atoms with van der Waals surface area (Å²) in [7, 11) is 0. The second kappa shape index (κ2) is 10.5. The second-order valence-electron chi connectivity index (χ2n) is 6.45. The SMILES string of the molecule is CC(C)=C(C)C(C)=C(C)[N]([Ti+2]=[Si](C)C)C(C)(C)C.[Cl-].[Cl-]. The Labute approximate surface area is 148 Å². The van der Waals surface area contributed by atoms with Crippen LogP contribution < -0.4 is 24.8 Å². The minimum atomic E-state index is -0.138. The van der Waals surface area contributed by atoms with Crippen molar-refractivity contribution < 1.29 is 43.0 Å². The number of hydrogen-bond donors (Lipinski definition) is 0. The first kappa shape index (κ1) is 25.7. The van der Waals surface area contributed by atoms with E-state index >= 15 is 0 Å². The molecule has 1 nitrogen and oxygen atoms in total. The third kappa shape index (κ3) is 8.29. The molecule has 0 rings (SSSR count). The topological polar surface area (TPSA) is 3.24 Å². The Balaban J connectivity index is -0.00000144.